The van der Waals surface area contributed by atoms with Crippen molar-refractivity contribution in [2.24, 2.45) is 0 Å². The van der Waals surface area contributed by atoms with E-state index >= 15 is 0 Å². The summed E-state index contributed by atoms with van der Waals surface area (Å²) < 4.78 is 26.7. The van der Waals surface area contributed by atoms with E-state index in [1.54, 1.807) is 6.07 Å². The molecule has 7 heteroatoms. The van der Waals surface area contributed by atoms with Crippen LogP contribution < -0.4 is 15.4 Å². The van der Waals surface area contributed by atoms with Crippen molar-refractivity contribution in [3.8, 4) is 0 Å². The minimum atomic E-state index is -3.50. The summed E-state index contributed by atoms with van der Waals surface area (Å²) in [5.41, 5.74) is 6.95. The summed E-state index contributed by atoms with van der Waals surface area (Å²) in [6.07, 6.45) is 1.09. The molecule has 0 radical (unpaired) electrons. The van der Waals surface area contributed by atoms with E-state index in [4.69, 9.17) is 5.73 Å². The lowest BCUT2D eigenvalue weighted by molar-refractivity contribution is 0.587. The van der Waals surface area contributed by atoms with E-state index in [2.05, 4.69) is 16.5 Å². The number of nitrogens with two attached hydrogens (primary N) is 1. The van der Waals surface area contributed by atoms with Gasteiger partial charge in [0.15, 0.2) is 0 Å². The lowest BCUT2D eigenvalue weighted by atomic mass is 10.2. The molecule has 112 valence electrons. The van der Waals surface area contributed by atoms with Crippen LogP contribution in [-0.4, -0.2) is 39.6 Å². The van der Waals surface area contributed by atoms with Gasteiger partial charge in [0.2, 0.25) is 10.0 Å². The number of nitrogens with zero attached hydrogens (tertiary/aromatic N) is 1. The molecule has 5 nitrogen and oxygen atoms in total. The van der Waals surface area contributed by atoms with Crippen molar-refractivity contribution in [2.75, 3.05) is 36.5 Å². The molecule has 0 aliphatic carbocycles. The third kappa shape index (κ3) is 3.21. The third-order valence-electron chi connectivity index (χ3n) is 3.48. The predicted octanol–water partition coefficient (Wildman–Crippen LogP) is 1.51. The molecule has 1 aliphatic rings. The van der Waals surface area contributed by atoms with Gasteiger partial charge in [-0.1, -0.05) is 6.92 Å². The summed E-state index contributed by atoms with van der Waals surface area (Å²) in [4.78, 5) is 2.41. The van der Waals surface area contributed by atoms with E-state index in [9.17, 15) is 8.42 Å². The molecule has 1 aliphatic heterocycles. The molecule has 1 aromatic carbocycles. The number of sulfonamides is 1. The van der Waals surface area contributed by atoms with Crippen LogP contribution in [0, 0.1) is 0 Å². The molecule has 2 rings (SSSR count). The summed E-state index contributed by atoms with van der Waals surface area (Å²) in [6, 6.07) is 5.10. The SMILES string of the molecule is CCC1CN(c2ccc(N)cc2S(=O)(=O)NC)CCS1. The van der Waals surface area contributed by atoms with Crippen molar-refractivity contribution in [1.29, 1.82) is 0 Å². The Morgan fingerprint density at radius 2 is 2.25 bits per heavy atom. The van der Waals surface area contributed by atoms with E-state index in [1.807, 2.05) is 17.8 Å². The number of hydrogen-bond donors (Lipinski definition) is 2. The Morgan fingerprint density at radius 3 is 2.90 bits per heavy atom. The van der Waals surface area contributed by atoms with Gasteiger partial charge >= 0.3 is 0 Å². The number of nitrogen functional groups attached to an aromatic ring is 1. The fraction of sp³-hybridized carbons (Fsp3) is 0.538. The second-order valence-corrected chi connectivity index (χ2v) is 8.04. The second-order valence-electron chi connectivity index (χ2n) is 4.78. The Kier molecular flexibility index (Phi) is 4.82. The standard InChI is InChI=1S/C13H21N3O2S2/c1-3-11-9-16(6-7-19-11)12-5-4-10(14)8-13(12)20(17,18)15-2/h4-5,8,11,15H,3,6-7,9,14H2,1-2H3. The fourth-order valence-corrected chi connectivity index (χ4v) is 4.47. The summed E-state index contributed by atoms with van der Waals surface area (Å²) in [7, 11) is -2.08. The van der Waals surface area contributed by atoms with Crippen LogP contribution in [0.3, 0.4) is 0 Å². The highest BCUT2D eigenvalue weighted by Crippen LogP contribution is 2.31. The van der Waals surface area contributed by atoms with Crippen LogP contribution in [0.5, 0.6) is 0 Å². The summed E-state index contributed by atoms with van der Waals surface area (Å²) in [6.45, 7) is 3.89. The highest BCUT2D eigenvalue weighted by Gasteiger charge is 2.25. The zero-order chi connectivity index (χ0) is 14.8. The van der Waals surface area contributed by atoms with Gasteiger partial charge in [0.05, 0.1) is 5.69 Å². The zero-order valence-corrected chi connectivity index (χ0v) is 13.4. The average molecular weight is 315 g/mol. The van der Waals surface area contributed by atoms with Crippen molar-refractivity contribution in [1.82, 2.24) is 4.72 Å². The van der Waals surface area contributed by atoms with Crippen LogP contribution in [0.1, 0.15) is 13.3 Å². The van der Waals surface area contributed by atoms with Crippen molar-refractivity contribution >= 4 is 33.2 Å². The zero-order valence-electron chi connectivity index (χ0n) is 11.8. The molecular formula is C13H21N3O2S2. The van der Waals surface area contributed by atoms with E-state index in [0.717, 1.165) is 31.0 Å². The molecule has 0 bridgehead atoms. The molecule has 20 heavy (non-hydrogen) atoms. The van der Waals surface area contributed by atoms with E-state index in [0.29, 0.717) is 10.9 Å². The first-order valence-corrected chi connectivity index (χ1v) is 9.20. The van der Waals surface area contributed by atoms with Crippen molar-refractivity contribution in [2.45, 2.75) is 23.5 Å². The lowest BCUT2D eigenvalue weighted by Gasteiger charge is -2.34. The number of thioether (sulfide) groups is 1. The first-order valence-electron chi connectivity index (χ1n) is 6.67. The highest BCUT2D eigenvalue weighted by atomic mass is 32.2. The molecular weight excluding hydrogens is 294 g/mol. The van der Waals surface area contributed by atoms with Gasteiger partial charge < -0.3 is 10.6 Å². The smallest absolute Gasteiger partial charge is 0.242 e. The third-order valence-corrected chi connectivity index (χ3v) is 6.29. The highest BCUT2D eigenvalue weighted by molar-refractivity contribution is 8.00. The maximum atomic E-state index is 12.2. The van der Waals surface area contributed by atoms with Gasteiger partial charge in [-0.05, 0) is 31.7 Å². The molecule has 3 N–H and O–H groups in total. The van der Waals surface area contributed by atoms with Crippen molar-refractivity contribution < 1.29 is 8.42 Å². The molecule has 0 aromatic heterocycles. The maximum absolute atomic E-state index is 12.2. The van der Waals surface area contributed by atoms with Gasteiger partial charge in [-0.15, -0.1) is 0 Å². The Labute approximate surface area is 125 Å². The quantitative estimate of drug-likeness (QED) is 0.824. The minimum Gasteiger partial charge on any atom is -0.399 e. The first kappa shape index (κ1) is 15.5. The number of rotatable bonds is 4. The number of nitrogens with one attached hydrogen (secondary N) is 1. The molecule has 1 saturated heterocycles. The van der Waals surface area contributed by atoms with E-state index in [1.165, 1.54) is 13.1 Å². The first-order chi connectivity index (χ1) is 9.47. The van der Waals surface area contributed by atoms with Gasteiger partial charge in [0, 0.05) is 29.8 Å². The number of anilines is 2. The van der Waals surface area contributed by atoms with Gasteiger partial charge in [-0.25, -0.2) is 13.1 Å². The summed E-state index contributed by atoms with van der Waals surface area (Å²) in [5.74, 6) is 1.02. The molecule has 1 heterocycles. The minimum absolute atomic E-state index is 0.266. The summed E-state index contributed by atoms with van der Waals surface area (Å²) >= 11 is 1.95. The maximum Gasteiger partial charge on any atom is 0.242 e. The monoisotopic (exact) mass is 315 g/mol. The average Bonchev–Trinajstić information content (AvgIpc) is 2.47. The van der Waals surface area contributed by atoms with Gasteiger partial charge in [0.25, 0.3) is 0 Å². The van der Waals surface area contributed by atoms with Gasteiger partial charge in [-0.2, -0.15) is 11.8 Å². The summed E-state index contributed by atoms with van der Waals surface area (Å²) in [5, 5.41) is 0.548. The Hall–Kier alpha value is -0.920. The van der Waals surface area contributed by atoms with Crippen molar-refractivity contribution in [3.63, 3.8) is 0 Å². The van der Waals surface area contributed by atoms with Crippen LogP contribution in [0.2, 0.25) is 0 Å². The molecule has 0 amide bonds. The van der Waals surface area contributed by atoms with Crippen molar-refractivity contribution in [3.05, 3.63) is 18.2 Å². The Morgan fingerprint density at radius 1 is 1.50 bits per heavy atom. The largest absolute Gasteiger partial charge is 0.399 e. The predicted molar refractivity (Wildman–Crippen MR) is 85.8 cm³/mol. The van der Waals surface area contributed by atoms with Crippen LogP contribution in [0.4, 0.5) is 11.4 Å². The molecule has 1 unspecified atom stereocenters. The van der Waals surface area contributed by atoms with Gasteiger partial charge in [-0.3, -0.25) is 0 Å². The van der Waals surface area contributed by atoms with Crippen LogP contribution in [-0.2, 0) is 10.0 Å². The van der Waals surface area contributed by atoms with E-state index in [-0.39, 0.29) is 4.90 Å². The number of benzene rings is 1. The molecule has 1 aromatic rings. The molecule has 0 spiro atoms. The Bertz CT molecular complexity index is 575. The van der Waals surface area contributed by atoms with Crippen LogP contribution >= 0.6 is 11.8 Å². The van der Waals surface area contributed by atoms with Crippen LogP contribution in [0.15, 0.2) is 23.1 Å². The molecule has 1 fully saturated rings. The molecule has 0 saturated carbocycles. The normalized spacial score (nSPS) is 20.1. The second kappa shape index (κ2) is 6.24. The topological polar surface area (TPSA) is 75.4 Å². The fourth-order valence-electron chi connectivity index (χ4n) is 2.30. The van der Waals surface area contributed by atoms with E-state index < -0.39 is 10.0 Å². The molecule has 1 atom stereocenters. The van der Waals surface area contributed by atoms with Crippen LogP contribution in [0.25, 0.3) is 0 Å². The number of hydrogen-bond acceptors (Lipinski definition) is 5. The lowest BCUT2D eigenvalue weighted by Crippen LogP contribution is -2.38. The van der Waals surface area contributed by atoms with Gasteiger partial charge in [0.1, 0.15) is 4.90 Å². The Balaban J connectivity index is 2.41.